The first-order valence-electron chi connectivity index (χ1n) is 7.65. The van der Waals surface area contributed by atoms with Crippen LogP contribution in [-0.4, -0.2) is 50.5 Å². The Hall–Kier alpha value is -2.55. The summed E-state index contributed by atoms with van der Waals surface area (Å²) in [5.41, 5.74) is 1.96. The van der Waals surface area contributed by atoms with Crippen molar-refractivity contribution in [2.45, 2.75) is 32.4 Å². The number of likely N-dealkylation sites (tertiary alicyclic amines) is 1. The average Bonchev–Trinajstić information content (AvgIpc) is 3.19. The first kappa shape index (κ1) is 16.3. The standard InChI is InChI=1S/C15H18N6O2S/c1-9(2)21-6-5-11(14(21)23)18-12-4-3-10(7-16-12)13(22)19-15-20-17-8-24-15/h3-4,7-9,11H,5-6H2,1-2H3,(H,16,18)(H,19,20,22). The number of rotatable bonds is 5. The number of hydrogen-bond acceptors (Lipinski definition) is 7. The van der Waals surface area contributed by atoms with Crippen molar-refractivity contribution in [1.82, 2.24) is 20.1 Å². The fourth-order valence-corrected chi connectivity index (χ4v) is 2.98. The van der Waals surface area contributed by atoms with E-state index in [0.717, 1.165) is 13.0 Å². The summed E-state index contributed by atoms with van der Waals surface area (Å²) in [6, 6.07) is 3.29. The maximum atomic E-state index is 12.3. The molecule has 1 aliphatic rings. The number of amides is 2. The zero-order chi connectivity index (χ0) is 17.1. The molecule has 0 bridgehead atoms. The molecule has 1 aliphatic heterocycles. The summed E-state index contributed by atoms with van der Waals surface area (Å²) in [7, 11) is 0. The monoisotopic (exact) mass is 346 g/mol. The largest absolute Gasteiger partial charge is 0.358 e. The van der Waals surface area contributed by atoms with Gasteiger partial charge in [0, 0.05) is 18.8 Å². The predicted octanol–water partition coefficient (Wildman–Crippen LogP) is 1.61. The van der Waals surface area contributed by atoms with Crippen LogP contribution in [0.5, 0.6) is 0 Å². The van der Waals surface area contributed by atoms with E-state index in [9.17, 15) is 9.59 Å². The molecule has 0 saturated carbocycles. The molecule has 126 valence electrons. The molecule has 0 aromatic carbocycles. The molecule has 3 heterocycles. The number of anilines is 2. The summed E-state index contributed by atoms with van der Waals surface area (Å²) in [6.07, 6.45) is 2.22. The Morgan fingerprint density at radius 1 is 1.42 bits per heavy atom. The first-order chi connectivity index (χ1) is 11.5. The molecule has 1 unspecified atom stereocenters. The molecule has 2 amide bonds. The van der Waals surface area contributed by atoms with Gasteiger partial charge >= 0.3 is 0 Å². The van der Waals surface area contributed by atoms with E-state index in [1.54, 1.807) is 17.6 Å². The Bertz CT molecular complexity index is 716. The van der Waals surface area contributed by atoms with Gasteiger partial charge < -0.3 is 10.2 Å². The van der Waals surface area contributed by atoms with Gasteiger partial charge in [-0.15, -0.1) is 10.2 Å². The lowest BCUT2D eigenvalue weighted by Crippen LogP contribution is -2.37. The molecule has 1 saturated heterocycles. The highest BCUT2D eigenvalue weighted by atomic mass is 32.1. The minimum Gasteiger partial charge on any atom is -0.358 e. The first-order valence-corrected chi connectivity index (χ1v) is 8.53. The van der Waals surface area contributed by atoms with Crippen molar-refractivity contribution in [2.75, 3.05) is 17.2 Å². The van der Waals surface area contributed by atoms with E-state index in [4.69, 9.17) is 0 Å². The van der Waals surface area contributed by atoms with E-state index in [0.29, 0.717) is 16.5 Å². The molecule has 8 nitrogen and oxygen atoms in total. The van der Waals surface area contributed by atoms with Gasteiger partial charge in [0.25, 0.3) is 5.91 Å². The molecule has 9 heteroatoms. The maximum Gasteiger partial charge on any atom is 0.259 e. The second-order valence-corrected chi connectivity index (χ2v) is 6.57. The van der Waals surface area contributed by atoms with Crippen LogP contribution in [0.25, 0.3) is 0 Å². The van der Waals surface area contributed by atoms with Crippen molar-refractivity contribution in [2.24, 2.45) is 0 Å². The topological polar surface area (TPSA) is 100 Å². The van der Waals surface area contributed by atoms with Gasteiger partial charge in [-0.3, -0.25) is 14.9 Å². The maximum absolute atomic E-state index is 12.3. The zero-order valence-corrected chi connectivity index (χ0v) is 14.2. The van der Waals surface area contributed by atoms with Crippen LogP contribution in [-0.2, 0) is 4.79 Å². The summed E-state index contributed by atoms with van der Waals surface area (Å²) < 4.78 is 0. The Balaban J connectivity index is 1.61. The van der Waals surface area contributed by atoms with Crippen LogP contribution < -0.4 is 10.6 Å². The van der Waals surface area contributed by atoms with Gasteiger partial charge in [-0.1, -0.05) is 11.3 Å². The molecule has 0 aliphatic carbocycles. The second kappa shape index (κ2) is 6.91. The van der Waals surface area contributed by atoms with Gasteiger partial charge in [0.2, 0.25) is 11.0 Å². The number of pyridine rings is 1. The number of hydrogen-bond donors (Lipinski definition) is 2. The Morgan fingerprint density at radius 3 is 2.83 bits per heavy atom. The third kappa shape index (κ3) is 3.51. The molecule has 2 aromatic rings. The third-order valence-corrected chi connectivity index (χ3v) is 4.40. The predicted molar refractivity (Wildman–Crippen MR) is 91.0 cm³/mol. The summed E-state index contributed by atoms with van der Waals surface area (Å²) in [6.45, 7) is 4.75. The second-order valence-electron chi connectivity index (χ2n) is 5.74. The van der Waals surface area contributed by atoms with Gasteiger partial charge in [-0.25, -0.2) is 4.98 Å². The molecular weight excluding hydrogens is 328 g/mol. The SMILES string of the molecule is CC(C)N1CCC(Nc2ccc(C(=O)Nc3nncs3)cn2)C1=O. The quantitative estimate of drug-likeness (QED) is 0.853. The van der Waals surface area contributed by atoms with Gasteiger partial charge in [0.15, 0.2) is 0 Å². The van der Waals surface area contributed by atoms with E-state index in [1.807, 2.05) is 18.7 Å². The Kier molecular flexibility index (Phi) is 4.70. The Morgan fingerprint density at radius 2 is 2.25 bits per heavy atom. The van der Waals surface area contributed by atoms with Crippen LogP contribution >= 0.6 is 11.3 Å². The fraction of sp³-hybridized carbons (Fsp3) is 0.400. The van der Waals surface area contributed by atoms with Gasteiger partial charge in [-0.2, -0.15) is 0 Å². The van der Waals surface area contributed by atoms with Crippen molar-refractivity contribution in [3.63, 3.8) is 0 Å². The summed E-state index contributed by atoms with van der Waals surface area (Å²) in [5.74, 6) is 0.366. The van der Waals surface area contributed by atoms with Crippen LogP contribution in [0.4, 0.5) is 10.9 Å². The highest BCUT2D eigenvalue weighted by Gasteiger charge is 2.33. The molecule has 1 atom stereocenters. The van der Waals surface area contributed by atoms with Crippen LogP contribution in [0.3, 0.4) is 0 Å². The number of nitrogens with one attached hydrogen (secondary N) is 2. The molecule has 0 spiro atoms. The lowest BCUT2D eigenvalue weighted by atomic mass is 10.2. The minimum absolute atomic E-state index is 0.0879. The molecular formula is C15H18N6O2S. The molecule has 0 radical (unpaired) electrons. The van der Waals surface area contributed by atoms with Crippen LogP contribution in [0, 0.1) is 0 Å². The van der Waals surface area contributed by atoms with Gasteiger partial charge in [0.05, 0.1) is 5.56 Å². The Labute approximate surface area is 143 Å². The normalized spacial score (nSPS) is 17.4. The molecule has 3 rings (SSSR count). The molecule has 24 heavy (non-hydrogen) atoms. The zero-order valence-electron chi connectivity index (χ0n) is 13.4. The number of nitrogens with zero attached hydrogens (tertiary/aromatic N) is 4. The van der Waals surface area contributed by atoms with Gasteiger partial charge in [0.1, 0.15) is 17.4 Å². The van der Waals surface area contributed by atoms with Crippen LogP contribution in [0.15, 0.2) is 23.8 Å². The minimum atomic E-state index is -0.297. The molecule has 2 aromatic heterocycles. The summed E-state index contributed by atoms with van der Waals surface area (Å²) in [5, 5.41) is 13.6. The van der Waals surface area contributed by atoms with Gasteiger partial charge in [-0.05, 0) is 32.4 Å². The molecule has 2 N–H and O–H groups in total. The van der Waals surface area contributed by atoms with Crippen molar-refractivity contribution >= 4 is 34.1 Å². The fourth-order valence-electron chi connectivity index (χ4n) is 2.54. The summed E-state index contributed by atoms with van der Waals surface area (Å²) >= 11 is 1.24. The third-order valence-electron chi connectivity index (χ3n) is 3.79. The van der Waals surface area contributed by atoms with E-state index >= 15 is 0 Å². The highest BCUT2D eigenvalue weighted by Crippen LogP contribution is 2.18. The lowest BCUT2D eigenvalue weighted by Gasteiger charge is -2.21. The van der Waals surface area contributed by atoms with Crippen LogP contribution in [0.2, 0.25) is 0 Å². The smallest absolute Gasteiger partial charge is 0.259 e. The van der Waals surface area contributed by atoms with Crippen molar-refractivity contribution in [1.29, 1.82) is 0 Å². The van der Waals surface area contributed by atoms with E-state index in [1.165, 1.54) is 17.5 Å². The number of carbonyl (C=O) groups is 2. The average molecular weight is 346 g/mol. The van der Waals surface area contributed by atoms with E-state index < -0.39 is 0 Å². The lowest BCUT2D eigenvalue weighted by molar-refractivity contribution is -0.129. The van der Waals surface area contributed by atoms with Crippen molar-refractivity contribution in [3.8, 4) is 0 Å². The van der Waals surface area contributed by atoms with E-state index in [2.05, 4.69) is 25.8 Å². The van der Waals surface area contributed by atoms with Crippen molar-refractivity contribution < 1.29 is 9.59 Å². The van der Waals surface area contributed by atoms with E-state index in [-0.39, 0.29) is 23.9 Å². The number of aromatic nitrogens is 3. The van der Waals surface area contributed by atoms with Crippen LogP contribution in [0.1, 0.15) is 30.6 Å². The molecule has 1 fully saturated rings. The summed E-state index contributed by atoms with van der Waals surface area (Å²) in [4.78, 5) is 30.4. The highest BCUT2D eigenvalue weighted by molar-refractivity contribution is 7.13. The van der Waals surface area contributed by atoms with Crippen molar-refractivity contribution in [3.05, 3.63) is 29.4 Å². The number of carbonyl (C=O) groups excluding carboxylic acids is 2.